The van der Waals surface area contributed by atoms with Gasteiger partial charge in [-0.2, -0.15) is 0 Å². The topological polar surface area (TPSA) is 66.5 Å². The molecule has 146 valence electrons. The highest BCUT2D eigenvalue weighted by atomic mass is 35.5. The van der Waals surface area contributed by atoms with Gasteiger partial charge in [0.2, 0.25) is 10.0 Å². The van der Waals surface area contributed by atoms with E-state index < -0.39 is 10.0 Å². The molecular formula is C20H25ClN2O3S. The fraction of sp³-hybridized carbons (Fsp3) is 0.350. The Morgan fingerprint density at radius 1 is 1.07 bits per heavy atom. The second-order valence-electron chi connectivity index (χ2n) is 6.06. The molecule has 5 nitrogen and oxygen atoms in total. The van der Waals surface area contributed by atoms with Crippen LogP contribution in [-0.2, 0) is 16.4 Å². The van der Waals surface area contributed by atoms with Crippen LogP contribution in [0.25, 0.3) is 0 Å². The van der Waals surface area contributed by atoms with Gasteiger partial charge < -0.3 is 5.32 Å². The van der Waals surface area contributed by atoms with Gasteiger partial charge in [0.1, 0.15) is 0 Å². The van der Waals surface area contributed by atoms with Crippen molar-refractivity contribution >= 4 is 33.2 Å². The van der Waals surface area contributed by atoms with Crippen LogP contribution in [0.1, 0.15) is 36.2 Å². The molecule has 27 heavy (non-hydrogen) atoms. The number of hydrogen-bond acceptors (Lipinski definition) is 3. The van der Waals surface area contributed by atoms with Crippen molar-refractivity contribution in [3.8, 4) is 0 Å². The zero-order valence-corrected chi connectivity index (χ0v) is 17.2. The summed E-state index contributed by atoms with van der Waals surface area (Å²) in [7, 11) is -3.32. The molecule has 0 aliphatic carbocycles. The van der Waals surface area contributed by atoms with Gasteiger partial charge in [-0.25, -0.2) is 8.42 Å². The average molecular weight is 409 g/mol. The summed E-state index contributed by atoms with van der Waals surface area (Å²) in [5, 5.41) is 3.62. The first-order valence-corrected chi connectivity index (χ1v) is 11.0. The Morgan fingerprint density at radius 2 is 1.74 bits per heavy atom. The van der Waals surface area contributed by atoms with Gasteiger partial charge >= 0.3 is 0 Å². The largest absolute Gasteiger partial charge is 0.352 e. The first kappa shape index (κ1) is 21.3. The standard InChI is InChI=1S/C20H25ClN2O3S/c1-3-23(27(25,26)4-2)18-13-11-17(12-14-18)20(24)22-15-7-9-16-8-5-6-10-19(16)21/h5-6,8,10-14H,3-4,7,9,15H2,1-2H3,(H,22,24). The van der Waals surface area contributed by atoms with E-state index in [1.807, 2.05) is 24.3 Å². The number of benzene rings is 2. The van der Waals surface area contributed by atoms with Gasteiger partial charge in [0.05, 0.1) is 11.4 Å². The molecule has 2 aromatic carbocycles. The zero-order chi connectivity index (χ0) is 19.9. The van der Waals surface area contributed by atoms with E-state index in [9.17, 15) is 13.2 Å². The molecule has 0 saturated heterocycles. The summed E-state index contributed by atoms with van der Waals surface area (Å²) >= 11 is 6.12. The molecule has 0 aliphatic heterocycles. The normalized spacial score (nSPS) is 11.2. The predicted octanol–water partition coefficient (Wildman–Crippen LogP) is 3.88. The van der Waals surface area contributed by atoms with Crippen molar-refractivity contribution in [3.05, 3.63) is 64.7 Å². The quantitative estimate of drug-likeness (QED) is 0.640. The number of rotatable bonds is 9. The molecule has 1 N–H and O–H groups in total. The fourth-order valence-electron chi connectivity index (χ4n) is 2.76. The van der Waals surface area contributed by atoms with Gasteiger partial charge in [-0.05, 0) is 62.6 Å². The molecule has 0 saturated carbocycles. The lowest BCUT2D eigenvalue weighted by atomic mass is 10.1. The summed E-state index contributed by atoms with van der Waals surface area (Å²) in [5.74, 6) is -0.142. The number of carbonyl (C=O) groups excluding carboxylic acids is 1. The van der Waals surface area contributed by atoms with Gasteiger partial charge in [0.15, 0.2) is 0 Å². The molecule has 0 bridgehead atoms. The molecular weight excluding hydrogens is 384 g/mol. The number of sulfonamides is 1. The first-order valence-electron chi connectivity index (χ1n) is 9.01. The lowest BCUT2D eigenvalue weighted by Gasteiger charge is -2.22. The second kappa shape index (κ2) is 9.76. The molecule has 0 aromatic heterocycles. The Hall–Kier alpha value is -2.05. The van der Waals surface area contributed by atoms with Gasteiger partial charge in [-0.15, -0.1) is 0 Å². The van der Waals surface area contributed by atoms with Gasteiger partial charge in [-0.1, -0.05) is 29.8 Å². The summed E-state index contributed by atoms with van der Waals surface area (Å²) in [6, 6.07) is 14.3. The maximum atomic E-state index is 12.3. The van der Waals surface area contributed by atoms with Crippen LogP contribution in [0, 0.1) is 0 Å². The van der Waals surface area contributed by atoms with Crippen molar-refractivity contribution in [1.29, 1.82) is 0 Å². The molecule has 0 unspecified atom stereocenters. The number of aryl methyl sites for hydroxylation is 1. The Kier molecular flexibility index (Phi) is 7.68. The Labute approximate surface area is 166 Å². The van der Waals surface area contributed by atoms with E-state index in [1.54, 1.807) is 38.1 Å². The number of amides is 1. The number of carbonyl (C=O) groups is 1. The van der Waals surface area contributed by atoms with E-state index in [2.05, 4.69) is 5.32 Å². The van der Waals surface area contributed by atoms with E-state index >= 15 is 0 Å². The van der Waals surface area contributed by atoms with Crippen LogP contribution in [-0.4, -0.2) is 33.2 Å². The molecule has 0 radical (unpaired) electrons. The lowest BCUT2D eigenvalue weighted by Crippen LogP contribution is -2.32. The Balaban J connectivity index is 1.91. The molecule has 0 atom stereocenters. The summed E-state index contributed by atoms with van der Waals surface area (Å²) in [5.41, 5.74) is 2.13. The molecule has 7 heteroatoms. The number of nitrogens with one attached hydrogen (secondary N) is 1. The lowest BCUT2D eigenvalue weighted by molar-refractivity contribution is 0.0953. The Morgan fingerprint density at radius 3 is 2.33 bits per heavy atom. The molecule has 2 aromatic rings. The van der Waals surface area contributed by atoms with Crippen LogP contribution in [0.3, 0.4) is 0 Å². The van der Waals surface area contributed by atoms with Crippen LogP contribution in [0.2, 0.25) is 5.02 Å². The first-order chi connectivity index (χ1) is 12.9. The van der Waals surface area contributed by atoms with Gasteiger partial charge in [0.25, 0.3) is 5.91 Å². The molecule has 0 spiro atoms. The SMILES string of the molecule is CCN(c1ccc(C(=O)NCCCc2ccccc2Cl)cc1)S(=O)(=O)CC. The maximum Gasteiger partial charge on any atom is 0.251 e. The van der Waals surface area contributed by atoms with Crippen molar-refractivity contribution in [1.82, 2.24) is 5.32 Å². The minimum absolute atomic E-state index is 0.0362. The third-order valence-electron chi connectivity index (χ3n) is 4.27. The van der Waals surface area contributed by atoms with Crippen LogP contribution >= 0.6 is 11.6 Å². The minimum atomic E-state index is -3.32. The van der Waals surface area contributed by atoms with Gasteiger partial charge in [-0.3, -0.25) is 9.10 Å². The number of nitrogens with zero attached hydrogens (tertiary/aromatic N) is 1. The summed E-state index contributed by atoms with van der Waals surface area (Å²) in [4.78, 5) is 12.3. The van der Waals surface area contributed by atoms with Crippen LogP contribution in [0.5, 0.6) is 0 Å². The number of halogens is 1. The monoisotopic (exact) mass is 408 g/mol. The van der Waals surface area contributed by atoms with E-state index in [0.717, 1.165) is 23.4 Å². The van der Waals surface area contributed by atoms with Crippen molar-refractivity contribution < 1.29 is 13.2 Å². The second-order valence-corrected chi connectivity index (χ2v) is 8.65. The summed E-state index contributed by atoms with van der Waals surface area (Å²) in [6.07, 6.45) is 1.57. The molecule has 0 aliphatic rings. The third kappa shape index (κ3) is 5.71. The molecule has 2 rings (SSSR count). The van der Waals surface area contributed by atoms with Crippen molar-refractivity contribution in [2.75, 3.05) is 23.1 Å². The van der Waals surface area contributed by atoms with Gasteiger partial charge in [0, 0.05) is 23.7 Å². The number of anilines is 1. The highest BCUT2D eigenvalue weighted by molar-refractivity contribution is 7.92. The van der Waals surface area contributed by atoms with Crippen LogP contribution in [0.15, 0.2) is 48.5 Å². The molecule has 0 heterocycles. The number of hydrogen-bond donors (Lipinski definition) is 1. The zero-order valence-electron chi connectivity index (χ0n) is 15.6. The summed E-state index contributed by atoms with van der Waals surface area (Å²) < 4.78 is 25.6. The molecule has 0 fully saturated rings. The fourth-order valence-corrected chi connectivity index (χ4v) is 4.14. The van der Waals surface area contributed by atoms with E-state index in [4.69, 9.17) is 11.6 Å². The highest BCUT2D eigenvalue weighted by Gasteiger charge is 2.18. The average Bonchev–Trinajstić information content (AvgIpc) is 2.67. The maximum absolute atomic E-state index is 12.3. The van der Waals surface area contributed by atoms with E-state index in [0.29, 0.717) is 24.3 Å². The Bertz CT molecular complexity index is 867. The van der Waals surface area contributed by atoms with Crippen molar-refractivity contribution in [2.24, 2.45) is 0 Å². The predicted molar refractivity (Wildman–Crippen MR) is 111 cm³/mol. The highest BCUT2D eigenvalue weighted by Crippen LogP contribution is 2.19. The minimum Gasteiger partial charge on any atom is -0.352 e. The van der Waals surface area contributed by atoms with Crippen LogP contribution in [0.4, 0.5) is 5.69 Å². The van der Waals surface area contributed by atoms with Crippen molar-refractivity contribution in [2.45, 2.75) is 26.7 Å². The third-order valence-corrected chi connectivity index (χ3v) is 6.51. The van der Waals surface area contributed by atoms with Crippen LogP contribution < -0.4 is 9.62 Å². The van der Waals surface area contributed by atoms with E-state index in [-0.39, 0.29) is 11.7 Å². The molecule has 1 amide bonds. The van der Waals surface area contributed by atoms with E-state index in [1.165, 1.54) is 4.31 Å². The van der Waals surface area contributed by atoms with Crippen molar-refractivity contribution in [3.63, 3.8) is 0 Å². The summed E-state index contributed by atoms with van der Waals surface area (Å²) in [6.45, 7) is 4.29. The smallest absolute Gasteiger partial charge is 0.251 e.